The van der Waals surface area contributed by atoms with Gasteiger partial charge in [0.1, 0.15) is 0 Å². The molecular weight excluding hydrogens is 406 g/mol. The fourth-order valence-electron chi connectivity index (χ4n) is 3.71. The first-order valence-corrected chi connectivity index (χ1v) is 12.0. The van der Waals surface area contributed by atoms with Gasteiger partial charge in [-0.05, 0) is 64.5 Å². The molecule has 2 N–H and O–H groups in total. The van der Waals surface area contributed by atoms with E-state index < -0.39 is 14.8 Å². The molecular formula is C21H33N3O5S. The van der Waals surface area contributed by atoms with Crippen molar-refractivity contribution in [2.45, 2.75) is 63.8 Å². The summed E-state index contributed by atoms with van der Waals surface area (Å²) in [6.45, 7) is 6.86. The SMILES string of the molecule is COCCn1c(=O)oc2cc(NCC3CCC(NS(=O)(=O)C(C)(C)C)CC3)ccc21. The van der Waals surface area contributed by atoms with Gasteiger partial charge in [-0.2, -0.15) is 0 Å². The molecule has 0 spiro atoms. The molecule has 1 aromatic carbocycles. The molecule has 1 heterocycles. The minimum Gasteiger partial charge on any atom is -0.408 e. The molecule has 0 aliphatic heterocycles. The number of aromatic nitrogens is 1. The number of hydrogen-bond acceptors (Lipinski definition) is 6. The number of hydrogen-bond donors (Lipinski definition) is 2. The summed E-state index contributed by atoms with van der Waals surface area (Å²) in [5.74, 6) is 0.102. The van der Waals surface area contributed by atoms with Crippen LogP contribution in [0.5, 0.6) is 0 Å². The van der Waals surface area contributed by atoms with Crippen molar-refractivity contribution >= 4 is 26.8 Å². The van der Waals surface area contributed by atoms with E-state index in [0.29, 0.717) is 24.7 Å². The molecule has 0 bridgehead atoms. The monoisotopic (exact) mass is 439 g/mol. The molecule has 9 heteroatoms. The molecule has 2 aromatic rings. The molecule has 1 aromatic heterocycles. The third-order valence-electron chi connectivity index (χ3n) is 5.76. The van der Waals surface area contributed by atoms with Crippen LogP contribution in [0.25, 0.3) is 11.1 Å². The lowest BCUT2D eigenvalue weighted by Crippen LogP contribution is -2.46. The lowest BCUT2D eigenvalue weighted by Gasteiger charge is -2.31. The lowest BCUT2D eigenvalue weighted by atomic mass is 9.86. The standard InChI is InChI=1S/C21H33N3O5S/c1-21(2,3)30(26,27)23-16-7-5-15(6-8-16)14-22-17-9-10-18-19(13-17)29-20(25)24(18)11-12-28-4/h9-10,13,15-16,22-23H,5-8,11-12,14H2,1-4H3. The topological polar surface area (TPSA) is 103 Å². The van der Waals surface area contributed by atoms with E-state index in [1.54, 1.807) is 32.4 Å². The number of methoxy groups -OCH3 is 1. The summed E-state index contributed by atoms with van der Waals surface area (Å²) in [4.78, 5) is 12.0. The van der Waals surface area contributed by atoms with Crippen molar-refractivity contribution in [3.05, 3.63) is 28.7 Å². The van der Waals surface area contributed by atoms with Gasteiger partial charge >= 0.3 is 5.76 Å². The van der Waals surface area contributed by atoms with Gasteiger partial charge in [-0.1, -0.05) is 0 Å². The number of anilines is 1. The van der Waals surface area contributed by atoms with Crippen LogP contribution in [0, 0.1) is 5.92 Å². The molecule has 3 rings (SSSR count). The van der Waals surface area contributed by atoms with Crippen molar-refractivity contribution in [2.24, 2.45) is 5.92 Å². The number of ether oxygens (including phenoxy) is 1. The van der Waals surface area contributed by atoms with Gasteiger partial charge in [-0.15, -0.1) is 0 Å². The minimum atomic E-state index is -3.31. The van der Waals surface area contributed by atoms with E-state index in [1.165, 1.54) is 0 Å². The summed E-state index contributed by atoms with van der Waals surface area (Å²) in [7, 11) is -1.71. The highest BCUT2D eigenvalue weighted by molar-refractivity contribution is 7.90. The summed E-state index contributed by atoms with van der Waals surface area (Å²) in [6, 6.07) is 5.70. The van der Waals surface area contributed by atoms with E-state index in [1.807, 2.05) is 18.2 Å². The maximum Gasteiger partial charge on any atom is 0.420 e. The summed E-state index contributed by atoms with van der Waals surface area (Å²) < 4.78 is 38.7. The molecule has 8 nitrogen and oxygen atoms in total. The largest absolute Gasteiger partial charge is 0.420 e. The Morgan fingerprint density at radius 1 is 1.20 bits per heavy atom. The Labute approximate surface area is 178 Å². The van der Waals surface area contributed by atoms with Gasteiger partial charge < -0.3 is 14.5 Å². The molecule has 0 saturated heterocycles. The van der Waals surface area contributed by atoms with Crippen molar-refractivity contribution < 1.29 is 17.6 Å². The highest BCUT2D eigenvalue weighted by Gasteiger charge is 2.32. The van der Waals surface area contributed by atoms with Crippen molar-refractivity contribution in [3.63, 3.8) is 0 Å². The zero-order valence-corrected chi connectivity index (χ0v) is 19.0. The number of oxazole rings is 1. The maximum atomic E-state index is 12.3. The van der Waals surface area contributed by atoms with Crippen LogP contribution in [0.1, 0.15) is 46.5 Å². The van der Waals surface area contributed by atoms with Gasteiger partial charge in [0, 0.05) is 31.5 Å². The van der Waals surface area contributed by atoms with Gasteiger partial charge in [0.05, 0.1) is 23.4 Å². The second-order valence-corrected chi connectivity index (χ2v) is 11.5. The van der Waals surface area contributed by atoms with Crippen LogP contribution >= 0.6 is 0 Å². The van der Waals surface area contributed by atoms with Crippen LogP contribution in [0.2, 0.25) is 0 Å². The molecule has 30 heavy (non-hydrogen) atoms. The molecule has 1 aliphatic rings. The van der Waals surface area contributed by atoms with Crippen molar-refractivity contribution in [1.82, 2.24) is 9.29 Å². The van der Waals surface area contributed by atoms with E-state index in [9.17, 15) is 13.2 Å². The molecule has 1 saturated carbocycles. The van der Waals surface area contributed by atoms with Gasteiger partial charge in [0.25, 0.3) is 0 Å². The highest BCUT2D eigenvalue weighted by atomic mass is 32.2. The fraction of sp³-hybridized carbons (Fsp3) is 0.667. The summed E-state index contributed by atoms with van der Waals surface area (Å²) in [5, 5.41) is 3.43. The summed E-state index contributed by atoms with van der Waals surface area (Å²) in [6.07, 6.45) is 3.62. The van der Waals surface area contributed by atoms with E-state index in [-0.39, 0.29) is 11.8 Å². The Morgan fingerprint density at radius 3 is 2.53 bits per heavy atom. The van der Waals surface area contributed by atoms with Crippen LogP contribution in [0.3, 0.4) is 0 Å². The molecule has 1 aliphatic carbocycles. The van der Waals surface area contributed by atoms with Crippen molar-refractivity contribution in [3.8, 4) is 0 Å². The van der Waals surface area contributed by atoms with Crippen LogP contribution in [0.4, 0.5) is 5.69 Å². The van der Waals surface area contributed by atoms with Crippen molar-refractivity contribution in [1.29, 1.82) is 0 Å². The third kappa shape index (κ3) is 5.25. The number of rotatable bonds is 8. The Kier molecular flexibility index (Phi) is 6.94. The maximum absolute atomic E-state index is 12.3. The van der Waals surface area contributed by atoms with Crippen LogP contribution in [0.15, 0.2) is 27.4 Å². The second-order valence-electron chi connectivity index (χ2n) is 9.03. The molecule has 168 valence electrons. The fourth-order valence-corrected chi connectivity index (χ4v) is 4.74. The van der Waals surface area contributed by atoms with Gasteiger partial charge in [-0.25, -0.2) is 17.9 Å². The molecule has 0 atom stereocenters. The van der Waals surface area contributed by atoms with Crippen LogP contribution < -0.4 is 15.8 Å². The summed E-state index contributed by atoms with van der Waals surface area (Å²) in [5.41, 5.74) is 2.22. The number of benzene rings is 1. The third-order valence-corrected chi connectivity index (χ3v) is 8.01. The number of nitrogens with zero attached hydrogens (tertiary/aromatic N) is 1. The smallest absolute Gasteiger partial charge is 0.408 e. The lowest BCUT2D eigenvalue weighted by molar-refractivity contribution is 0.186. The first kappa shape index (κ1) is 22.8. The molecule has 0 amide bonds. The van der Waals surface area contributed by atoms with E-state index in [0.717, 1.165) is 43.4 Å². The minimum absolute atomic E-state index is 0.0166. The molecule has 1 fully saturated rings. The van der Waals surface area contributed by atoms with E-state index in [2.05, 4.69) is 10.0 Å². The number of sulfonamides is 1. The highest BCUT2D eigenvalue weighted by Crippen LogP contribution is 2.27. The zero-order valence-electron chi connectivity index (χ0n) is 18.2. The normalized spacial score (nSPS) is 20.5. The Hall–Kier alpha value is -1.84. The van der Waals surface area contributed by atoms with Crippen LogP contribution in [-0.2, 0) is 21.3 Å². The van der Waals surface area contributed by atoms with E-state index in [4.69, 9.17) is 9.15 Å². The van der Waals surface area contributed by atoms with Gasteiger partial charge in [-0.3, -0.25) is 4.57 Å². The molecule has 0 unspecified atom stereocenters. The average Bonchev–Trinajstić information content (AvgIpc) is 2.99. The van der Waals surface area contributed by atoms with Crippen molar-refractivity contribution in [2.75, 3.05) is 25.6 Å². The average molecular weight is 440 g/mol. The first-order valence-electron chi connectivity index (χ1n) is 10.5. The van der Waals surface area contributed by atoms with Crippen LogP contribution in [-0.4, -0.2) is 44.0 Å². The van der Waals surface area contributed by atoms with Gasteiger partial charge in [0.15, 0.2) is 5.58 Å². The number of nitrogens with one attached hydrogen (secondary N) is 2. The molecule has 0 radical (unpaired) electrons. The predicted molar refractivity (Wildman–Crippen MR) is 118 cm³/mol. The van der Waals surface area contributed by atoms with E-state index >= 15 is 0 Å². The van der Waals surface area contributed by atoms with Gasteiger partial charge in [0.2, 0.25) is 10.0 Å². The first-order chi connectivity index (χ1) is 14.1. The second kappa shape index (κ2) is 9.11. The Balaban J connectivity index is 1.53. The number of fused-ring (bicyclic) bond motifs is 1. The zero-order chi connectivity index (χ0) is 21.9. The predicted octanol–water partition coefficient (Wildman–Crippen LogP) is 2.93. The Bertz CT molecular complexity index is 1010. The Morgan fingerprint density at radius 2 is 1.90 bits per heavy atom. The quantitative estimate of drug-likeness (QED) is 0.656. The summed E-state index contributed by atoms with van der Waals surface area (Å²) >= 11 is 0.